The van der Waals surface area contributed by atoms with Gasteiger partial charge in [-0.2, -0.15) is 0 Å². The summed E-state index contributed by atoms with van der Waals surface area (Å²) in [6, 6.07) is 2.08. The largest absolute Gasteiger partial charge is 0.481 e. The first kappa shape index (κ1) is 16.0. The number of amides is 1. The molecule has 0 aromatic carbocycles. The predicted octanol–water partition coefficient (Wildman–Crippen LogP) is 3.34. The van der Waals surface area contributed by atoms with Gasteiger partial charge in [-0.15, -0.1) is 11.3 Å². The molecule has 1 aliphatic rings. The van der Waals surface area contributed by atoms with Gasteiger partial charge in [0, 0.05) is 34.0 Å². The van der Waals surface area contributed by atoms with Gasteiger partial charge < -0.3 is 10.1 Å². The van der Waals surface area contributed by atoms with E-state index in [9.17, 15) is 4.79 Å². The summed E-state index contributed by atoms with van der Waals surface area (Å²) >= 11 is 1.76. The molecule has 3 heterocycles. The number of pyridine rings is 1. The maximum atomic E-state index is 12.3. The first-order valence-electron chi connectivity index (χ1n) is 7.91. The van der Waals surface area contributed by atoms with Crippen LogP contribution in [0.1, 0.15) is 48.9 Å². The third-order valence-electron chi connectivity index (χ3n) is 4.38. The molecule has 4 nitrogen and oxygen atoms in total. The van der Waals surface area contributed by atoms with Crippen molar-refractivity contribution in [1.82, 2.24) is 10.3 Å². The number of hydrogen-bond donors (Lipinski definition) is 1. The molecule has 5 heteroatoms. The summed E-state index contributed by atoms with van der Waals surface area (Å²) in [7, 11) is 1.66. The average Bonchev–Trinajstić information content (AvgIpc) is 2.69. The van der Waals surface area contributed by atoms with Gasteiger partial charge in [-0.3, -0.25) is 4.79 Å². The maximum Gasteiger partial charge on any atom is 0.252 e. The third kappa shape index (κ3) is 2.98. The van der Waals surface area contributed by atoms with Gasteiger partial charge in [0.2, 0.25) is 5.88 Å². The van der Waals surface area contributed by atoms with Crippen LogP contribution in [-0.4, -0.2) is 24.5 Å². The number of hydrogen-bond acceptors (Lipinski definition) is 4. The van der Waals surface area contributed by atoms with Crippen LogP contribution in [0.3, 0.4) is 0 Å². The van der Waals surface area contributed by atoms with Crippen LogP contribution < -0.4 is 10.1 Å². The Morgan fingerprint density at radius 2 is 2.13 bits per heavy atom. The zero-order valence-electron chi connectivity index (χ0n) is 14.1. The van der Waals surface area contributed by atoms with E-state index >= 15 is 0 Å². The van der Waals surface area contributed by atoms with Crippen molar-refractivity contribution >= 4 is 17.2 Å². The van der Waals surface area contributed by atoms with E-state index in [4.69, 9.17) is 4.74 Å². The van der Waals surface area contributed by atoms with Crippen LogP contribution >= 0.6 is 11.3 Å². The van der Waals surface area contributed by atoms with Crippen LogP contribution in [0.25, 0.3) is 0 Å². The molecule has 0 atom stereocenters. The highest BCUT2D eigenvalue weighted by molar-refractivity contribution is 7.12. The second-order valence-electron chi connectivity index (χ2n) is 6.05. The van der Waals surface area contributed by atoms with Gasteiger partial charge in [-0.05, 0) is 50.8 Å². The van der Waals surface area contributed by atoms with Crippen LogP contribution in [0.4, 0.5) is 0 Å². The molecule has 0 radical (unpaired) electrons. The van der Waals surface area contributed by atoms with Crippen molar-refractivity contribution < 1.29 is 9.53 Å². The number of nitrogens with zero attached hydrogens (tertiary/aromatic N) is 1. The van der Waals surface area contributed by atoms with E-state index in [1.165, 1.54) is 15.3 Å². The summed E-state index contributed by atoms with van der Waals surface area (Å²) in [6.45, 7) is 6.89. The molecule has 1 aliphatic heterocycles. The highest BCUT2D eigenvalue weighted by Crippen LogP contribution is 2.34. The smallest absolute Gasteiger partial charge is 0.252 e. The molecule has 122 valence electrons. The van der Waals surface area contributed by atoms with E-state index in [1.807, 2.05) is 6.92 Å². The summed E-state index contributed by atoms with van der Waals surface area (Å²) in [6.07, 6.45) is 2.74. The average molecular weight is 330 g/mol. The fraction of sp³-hybridized carbons (Fsp3) is 0.444. The summed E-state index contributed by atoms with van der Waals surface area (Å²) in [5.41, 5.74) is 5.24. The quantitative estimate of drug-likeness (QED) is 0.939. The molecule has 0 saturated heterocycles. The summed E-state index contributed by atoms with van der Waals surface area (Å²) < 4.78 is 5.48. The van der Waals surface area contributed by atoms with E-state index in [2.05, 4.69) is 30.2 Å². The van der Waals surface area contributed by atoms with Crippen LogP contribution in [-0.2, 0) is 12.8 Å². The molecule has 0 unspecified atom stereocenters. The molecule has 2 aromatic rings. The normalized spacial score (nSPS) is 14.2. The van der Waals surface area contributed by atoms with Gasteiger partial charge in [-0.1, -0.05) is 0 Å². The number of thiophene rings is 1. The first-order chi connectivity index (χ1) is 11.0. The molecule has 0 aliphatic carbocycles. The molecule has 0 bridgehead atoms. The lowest BCUT2D eigenvalue weighted by Gasteiger charge is -2.12. The Morgan fingerprint density at radius 1 is 1.35 bits per heavy atom. The Morgan fingerprint density at radius 3 is 2.87 bits per heavy atom. The van der Waals surface area contributed by atoms with Gasteiger partial charge in [-0.25, -0.2) is 4.98 Å². The lowest BCUT2D eigenvalue weighted by atomic mass is 10.0. The van der Waals surface area contributed by atoms with E-state index in [1.54, 1.807) is 18.4 Å². The first-order valence-corrected chi connectivity index (χ1v) is 8.73. The van der Waals surface area contributed by atoms with E-state index in [-0.39, 0.29) is 5.91 Å². The molecular weight excluding hydrogens is 308 g/mol. The van der Waals surface area contributed by atoms with Crippen molar-refractivity contribution in [2.24, 2.45) is 0 Å². The van der Waals surface area contributed by atoms with Crippen molar-refractivity contribution in [3.8, 4) is 5.88 Å². The molecule has 0 fully saturated rings. The number of carbonyl (C=O) groups excluding carboxylic acids is 1. The highest BCUT2D eigenvalue weighted by atomic mass is 32.1. The van der Waals surface area contributed by atoms with Crippen molar-refractivity contribution in [3.63, 3.8) is 0 Å². The van der Waals surface area contributed by atoms with Crippen molar-refractivity contribution in [2.75, 3.05) is 13.7 Å². The number of carbonyl (C=O) groups is 1. The zero-order valence-corrected chi connectivity index (χ0v) is 14.9. The molecule has 1 amide bonds. The Kier molecular flexibility index (Phi) is 4.39. The van der Waals surface area contributed by atoms with Crippen molar-refractivity contribution in [3.05, 3.63) is 43.8 Å². The van der Waals surface area contributed by atoms with Gasteiger partial charge >= 0.3 is 0 Å². The van der Waals surface area contributed by atoms with Gasteiger partial charge in [0.25, 0.3) is 5.91 Å². The minimum atomic E-state index is 0.0724. The van der Waals surface area contributed by atoms with Gasteiger partial charge in [0.15, 0.2) is 0 Å². The summed E-state index contributed by atoms with van der Waals surface area (Å²) in [4.78, 5) is 19.2. The fourth-order valence-corrected chi connectivity index (χ4v) is 4.54. The lowest BCUT2D eigenvalue weighted by molar-refractivity contribution is 0.0956. The maximum absolute atomic E-state index is 12.3. The second-order valence-corrected chi connectivity index (χ2v) is 7.24. The number of nitrogens with one attached hydrogen (secondary N) is 1. The predicted molar refractivity (Wildman–Crippen MR) is 92.8 cm³/mol. The highest BCUT2D eigenvalue weighted by Gasteiger charge is 2.24. The Hall–Kier alpha value is -1.88. The molecule has 0 saturated carbocycles. The molecular formula is C18H22N2O2S. The lowest BCUT2D eigenvalue weighted by Crippen LogP contribution is -2.23. The van der Waals surface area contributed by atoms with E-state index < -0.39 is 0 Å². The summed E-state index contributed by atoms with van der Waals surface area (Å²) in [5, 5.41) is 2.99. The fourth-order valence-electron chi connectivity index (χ4n) is 3.18. The Bertz CT molecular complexity index is 765. The number of fused-ring (bicyclic) bond motifs is 1. The minimum Gasteiger partial charge on any atom is -0.481 e. The summed E-state index contributed by atoms with van der Waals surface area (Å²) in [5.74, 6) is 0.762. The third-order valence-corrected chi connectivity index (χ3v) is 5.73. The van der Waals surface area contributed by atoms with Crippen LogP contribution in [0.5, 0.6) is 5.88 Å². The monoisotopic (exact) mass is 330 g/mol. The van der Waals surface area contributed by atoms with Crippen LogP contribution in [0, 0.1) is 20.8 Å². The van der Waals surface area contributed by atoms with Crippen LogP contribution in [0.2, 0.25) is 0 Å². The molecule has 0 spiro atoms. The topological polar surface area (TPSA) is 51.2 Å². The molecule has 1 N–H and O–H groups in total. The number of rotatable bonds is 3. The van der Waals surface area contributed by atoms with E-state index in [0.717, 1.165) is 48.2 Å². The molecule has 23 heavy (non-hydrogen) atoms. The molecule has 3 rings (SSSR count). The number of ether oxygens (including phenoxy) is 1. The zero-order chi connectivity index (χ0) is 16.6. The standard InChI is InChI=1S/C18H22N2O2S/c1-10-8-11(2)20-18(22-4)13(10)9-15-12(3)16-14(23-15)6-5-7-19-17(16)21/h8H,5-7,9H2,1-4H3,(H,19,21). The Labute approximate surface area is 140 Å². The van der Waals surface area contributed by atoms with Crippen molar-refractivity contribution in [1.29, 1.82) is 0 Å². The van der Waals surface area contributed by atoms with Gasteiger partial charge in [0.05, 0.1) is 12.7 Å². The van der Waals surface area contributed by atoms with Crippen LogP contribution in [0.15, 0.2) is 6.07 Å². The van der Waals surface area contributed by atoms with Gasteiger partial charge in [0.1, 0.15) is 0 Å². The van der Waals surface area contributed by atoms with Crippen molar-refractivity contribution in [2.45, 2.75) is 40.0 Å². The molecule has 2 aromatic heterocycles. The SMILES string of the molecule is COc1nc(C)cc(C)c1Cc1sc2c(c1C)C(=O)NCCC2. The number of aromatic nitrogens is 1. The second kappa shape index (κ2) is 6.32. The van der Waals surface area contributed by atoms with E-state index in [0.29, 0.717) is 5.88 Å². The Balaban J connectivity index is 2.02. The number of aryl methyl sites for hydroxylation is 3. The minimum absolute atomic E-state index is 0.0724. The number of methoxy groups -OCH3 is 1.